The Labute approximate surface area is 161 Å². The third kappa shape index (κ3) is 4.08. The van der Waals surface area contributed by atoms with Crippen molar-refractivity contribution < 1.29 is 8.42 Å². The molecule has 1 atom stereocenters. The summed E-state index contributed by atoms with van der Waals surface area (Å²) in [5.41, 5.74) is 1.93. The summed E-state index contributed by atoms with van der Waals surface area (Å²) in [6, 6.07) is 12.1. The van der Waals surface area contributed by atoms with Crippen LogP contribution in [0.3, 0.4) is 0 Å². The number of hydrogen-bond donors (Lipinski definition) is 0. The molecule has 144 valence electrons. The van der Waals surface area contributed by atoms with E-state index in [0.717, 1.165) is 49.0 Å². The van der Waals surface area contributed by atoms with E-state index >= 15 is 0 Å². The normalized spacial score (nSPS) is 22.0. The molecule has 0 radical (unpaired) electrons. The zero-order valence-corrected chi connectivity index (χ0v) is 16.5. The van der Waals surface area contributed by atoms with Crippen LogP contribution in [0.15, 0.2) is 36.4 Å². The molecular weight excluding hydrogens is 360 g/mol. The maximum absolute atomic E-state index is 11.9. The Hall–Kier alpha value is -2.15. The summed E-state index contributed by atoms with van der Waals surface area (Å²) in [7, 11) is -0.990. The van der Waals surface area contributed by atoms with Crippen LogP contribution in [-0.2, 0) is 9.84 Å². The van der Waals surface area contributed by atoms with Crippen LogP contribution in [0.1, 0.15) is 25.7 Å². The first-order valence-electron chi connectivity index (χ1n) is 9.64. The number of aromatic nitrogens is 2. The molecule has 27 heavy (non-hydrogen) atoms. The number of hydrogen-bond acceptors (Lipinski definition) is 6. The van der Waals surface area contributed by atoms with Crippen molar-refractivity contribution in [1.29, 1.82) is 0 Å². The monoisotopic (exact) mass is 386 g/mol. The number of benzene rings is 1. The highest BCUT2D eigenvalue weighted by Gasteiger charge is 2.32. The summed E-state index contributed by atoms with van der Waals surface area (Å²) in [6.45, 7) is 1.94. The van der Waals surface area contributed by atoms with Gasteiger partial charge in [0, 0.05) is 37.8 Å². The second-order valence-electron chi connectivity index (χ2n) is 7.49. The van der Waals surface area contributed by atoms with Crippen molar-refractivity contribution >= 4 is 21.6 Å². The SMILES string of the molecule is CN(c1cc(-c2ccccc2)nc(N2CCCCC2)n1)C1CCS(=O)(=O)C1. The lowest BCUT2D eigenvalue weighted by atomic mass is 10.1. The Balaban J connectivity index is 1.71. The van der Waals surface area contributed by atoms with Crippen molar-refractivity contribution in [1.82, 2.24) is 9.97 Å². The van der Waals surface area contributed by atoms with Gasteiger partial charge in [0.05, 0.1) is 17.2 Å². The highest BCUT2D eigenvalue weighted by Crippen LogP contribution is 2.28. The van der Waals surface area contributed by atoms with Gasteiger partial charge in [-0.25, -0.2) is 13.4 Å². The average molecular weight is 387 g/mol. The molecule has 0 N–H and O–H groups in total. The predicted octanol–water partition coefficient (Wildman–Crippen LogP) is 2.76. The van der Waals surface area contributed by atoms with E-state index in [4.69, 9.17) is 9.97 Å². The lowest BCUT2D eigenvalue weighted by Crippen LogP contribution is -2.35. The number of piperidine rings is 1. The molecule has 0 aliphatic carbocycles. The molecular formula is C20H26N4O2S. The lowest BCUT2D eigenvalue weighted by Gasteiger charge is -2.30. The first-order chi connectivity index (χ1) is 13.0. The summed E-state index contributed by atoms with van der Waals surface area (Å²) in [6.07, 6.45) is 4.22. The summed E-state index contributed by atoms with van der Waals surface area (Å²) >= 11 is 0. The maximum Gasteiger partial charge on any atom is 0.227 e. The van der Waals surface area contributed by atoms with Crippen LogP contribution in [-0.4, -0.2) is 56.1 Å². The van der Waals surface area contributed by atoms with Crippen molar-refractivity contribution in [3.63, 3.8) is 0 Å². The predicted molar refractivity (Wildman–Crippen MR) is 109 cm³/mol. The van der Waals surface area contributed by atoms with Crippen molar-refractivity contribution in [3.05, 3.63) is 36.4 Å². The van der Waals surface area contributed by atoms with E-state index in [9.17, 15) is 8.42 Å². The minimum absolute atomic E-state index is 0.0253. The Morgan fingerprint density at radius 3 is 2.48 bits per heavy atom. The standard InChI is InChI=1S/C20H26N4O2S/c1-23(17-10-13-27(25,26)15-17)19-14-18(16-8-4-2-5-9-16)21-20(22-19)24-11-6-3-7-12-24/h2,4-5,8-9,14,17H,3,6-7,10-13,15H2,1H3. The molecule has 3 heterocycles. The zero-order valence-electron chi connectivity index (χ0n) is 15.7. The van der Waals surface area contributed by atoms with Gasteiger partial charge in [0.15, 0.2) is 9.84 Å². The number of nitrogens with zero attached hydrogens (tertiary/aromatic N) is 4. The molecule has 0 amide bonds. The number of rotatable bonds is 4. The Morgan fingerprint density at radius 1 is 1.07 bits per heavy atom. The molecule has 0 saturated carbocycles. The van der Waals surface area contributed by atoms with Gasteiger partial charge < -0.3 is 9.80 Å². The van der Waals surface area contributed by atoms with E-state index in [0.29, 0.717) is 6.42 Å². The molecule has 1 aromatic heterocycles. The van der Waals surface area contributed by atoms with E-state index in [1.165, 1.54) is 6.42 Å². The van der Waals surface area contributed by atoms with Gasteiger partial charge in [0.1, 0.15) is 5.82 Å². The van der Waals surface area contributed by atoms with Gasteiger partial charge in [0.25, 0.3) is 0 Å². The Kier molecular flexibility index (Phi) is 5.04. The molecule has 2 fully saturated rings. The van der Waals surface area contributed by atoms with Gasteiger partial charge in [-0.2, -0.15) is 4.98 Å². The van der Waals surface area contributed by atoms with Crippen molar-refractivity contribution in [2.45, 2.75) is 31.7 Å². The fourth-order valence-electron chi connectivity index (χ4n) is 3.86. The third-order valence-electron chi connectivity index (χ3n) is 5.53. The second-order valence-corrected chi connectivity index (χ2v) is 9.72. The van der Waals surface area contributed by atoms with Crippen molar-refractivity contribution in [3.8, 4) is 11.3 Å². The van der Waals surface area contributed by atoms with E-state index in [-0.39, 0.29) is 17.5 Å². The van der Waals surface area contributed by atoms with Gasteiger partial charge in [-0.15, -0.1) is 0 Å². The topological polar surface area (TPSA) is 66.4 Å². The largest absolute Gasteiger partial charge is 0.355 e. The van der Waals surface area contributed by atoms with Crippen LogP contribution in [0.25, 0.3) is 11.3 Å². The summed E-state index contributed by atoms with van der Waals surface area (Å²) in [4.78, 5) is 13.9. The van der Waals surface area contributed by atoms with Crippen LogP contribution in [0.4, 0.5) is 11.8 Å². The summed E-state index contributed by atoms with van der Waals surface area (Å²) < 4.78 is 23.8. The molecule has 0 bridgehead atoms. The van der Waals surface area contributed by atoms with E-state index in [2.05, 4.69) is 4.90 Å². The van der Waals surface area contributed by atoms with Crippen LogP contribution in [0.2, 0.25) is 0 Å². The van der Waals surface area contributed by atoms with Crippen molar-refractivity contribution in [2.75, 3.05) is 41.4 Å². The quantitative estimate of drug-likeness (QED) is 0.805. The van der Waals surface area contributed by atoms with E-state index in [1.807, 2.05) is 48.3 Å². The molecule has 2 aliphatic heterocycles. The highest BCUT2D eigenvalue weighted by atomic mass is 32.2. The second kappa shape index (κ2) is 7.46. The van der Waals surface area contributed by atoms with Crippen molar-refractivity contribution in [2.24, 2.45) is 0 Å². The molecule has 1 aromatic carbocycles. The molecule has 0 spiro atoms. The third-order valence-corrected chi connectivity index (χ3v) is 7.28. The van der Waals surface area contributed by atoms with Gasteiger partial charge in [0.2, 0.25) is 5.95 Å². The first-order valence-corrected chi connectivity index (χ1v) is 11.5. The number of sulfone groups is 1. The van der Waals surface area contributed by atoms with Gasteiger partial charge in [-0.1, -0.05) is 30.3 Å². The zero-order chi connectivity index (χ0) is 18.9. The molecule has 6 nitrogen and oxygen atoms in total. The minimum atomic E-state index is -2.94. The fourth-order valence-corrected chi connectivity index (χ4v) is 5.64. The highest BCUT2D eigenvalue weighted by molar-refractivity contribution is 7.91. The Morgan fingerprint density at radius 2 is 1.81 bits per heavy atom. The molecule has 2 aromatic rings. The van der Waals surface area contributed by atoms with Crippen LogP contribution >= 0.6 is 0 Å². The van der Waals surface area contributed by atoms with Crippen LogP contribution < -0.4 is 9.80 Å². The van der Waals surface area contributed by atoms with Gasteiger partial charge in [-0.05, 0) is 25.7 Å². The maximum atomic E-state index is 11.9. The smallest absolute Gasteiger partial charge is 0.227 e. The molecule has 4 rings (SSSR count). The van der Waals surface area contributed by atoms with Crippen LogP contribution in [0, 0.1) is 0 Å². The number of anilines is 2. The molecule has 2 saturated heterocycles. The first kappa shape index (κ1) is 18.2. The summed E-state index contributed by atoms with van der Waals surface area (Å²) in [5.74, 6) is 2.01. The molecule has 1 unspecified atom stereocenters. The Bertz CT molecular complexity index is 895. The molecule has 2 aliphatic rings. The fraction of sp³-hybridized carbons (Fsp3) is 0.500. The summed E-state index contributed by atoms with van der Waals surface area (Å²) in [5, 5.41) is 0. The van der Waals surface area contributed by atoms with E-state index in [1.54, 1.807) is 0 Å². The van der Waals surface area contributed by atoms with Crippen LogP contribution in [0.5, 0.6) is 0 Å². The molecule has 7 heteroatoms. The van der Waals surface area contributed by atoms with Gasteiger partial charge in [-0.3, -0.25) is 0 Å². The lowest BCUT2D eigenvalue weighted by molar-refractivity contribution is 0.567. The minimum Gasteiger partial charge on any atom is -0.355 e. The van der Waals surface area contributed by atoms with Gasteiger partial charge >= 0.3 is 0 Å². The average Bonchev–Trinajstić information content (AvgIpc) is 3.08. The van der Waals surface area contributed by atoms with E-state index < -0.39 is 9.84 Å².